The first kappa shape index (κ1) is 20.3. The van der Waals surface area contributed by atoms with Crippen LogP contribution in [0.1, 0.15) is 13.8 Å². The van der Waals surface area contributed by atoms with Crippen molar-refractivity contribution in [2.24, 2.45) is 5.73 Å². The monoisotopic (exact) mass is 425 g/mol. The number of rotatable bonds is 5. The van der Waals surface area contributed by atoms with Crippen LogP contribution in [0.3, 0.4) is 0 Å². The van der Waals surface area contributed by atoms with Gasteiger partial charge >= 0.3 is 0 Å². The number of alkyl halides is 2. The highest BCUT2D eigenvalue weighted by molar-refractivity contribution is 5.83. The van der Waals surface area contributed by atoms with E-state index in [4.69, 9.17) is 15.2 Å². The van der Waals surface area contributed by atoms with E-state index in [1.807, 2.05) is 0 Å². The number of nitrogens with one attached hydrogen (secondary N) is 1. The number of halogens is 3. The van der Waals surface area contributed by atoms with Crippen LogP contribution in [-0.4, -0.2) is 53.4 Å². The average molecular weight is 425 g/mol. The van der Waals surface area contributed by atoms with Crippen molar-refractivity contribution in [2.75, 3.05) is 23.4 Å². The number of ether oxygens (including phenoxy) is 2. The maximum absolute atomic E-state index is 14.7. The second kappa shape index (κ2) is 7.71. The summed E-state index contributed by atoms with van der Waals surface area (Å²) in [6.45, 7) is 3.79. The third-order valence-corrected chi connectivity index (χ3v) is 5.28. The van der Waals surface area contributed by atoms with E-state index >= 15 is 0 Å². The summed E-state index contributed by atoms with van der Waals surface area (Å²) in [7, 11) is 0. The summed E-state index contributed by atoms with van der Waals surface area (Å²) in [5.41, 5.74) is 5.68. The van der Waals surface area contributed by atoms with Crippen LogP contribution < -0.4 is 20.7 Å². The van der Waals surface area contributed by atoms with Crippen molar-refractivity contribution in [3.63, 3.8) is 0 Å². The fourth-order valence-corrected chi connectivity index (χ4v) is 3.65. The average Bonchev–Trinajstić information content (AvgIpc) is 3.23. The number of fused-ring (bicyclic) bond motifs is 3. The maximum Gasteiger partial charge on any atom is 0.260 e. The molecule has 30 heavy (non-hydrogen) atoms. The van der Waals surface area contributed by atoms with Gasteiger partial charge < -0.3 is 30.0 Å². The van der Waals surface area contributed by atoms with Crippen molar-refractivity contribution in [2.45, 2.75) is 45.1 Å². The van der Waals surface area contributed by atoms with Gasteiger partial charge in [-0.15, -0.1) is 0 Å². The Balaban J connectivity index is 1.72. The molecule has 2 aliphatic rings. The van der Waals surface area contributed by atoms with E-state index in [9.17, 15) is 18.0 Å². The molecule has 0 radical (unpaired) electrons. The highest BCUT2D eigenvalue weighted by Crippen LogP contribution is 2.38. The van der Waals surface area contributed by atoms with Crippen LogP contribution in [-0.2, 0) is 16.1 Å². The minimum atomic E-state index is -2.59. The van der Waals surface area contributed by atoms with Gasteiger partial charge in [-0.3, -0.25) is 4.79 Å². The molecule has 0 spiro atoms. The quantitative estimate of drug-likeness (QED) is 0.763. The number of carbonyl (C=O) groups excluding carboxylic acids is 1. The molecule has 1 fully saturated rings. The molecule has 2 aromatic rings. The lowest BCUT2D eigenvalue weighted by Crippen LogP contribution is -2.40. The Kier molecular flexibility index (Phi) is 5.22. The highest BCUT2D eigenvalue weighted by Gasteiger charge is 2.39. The predicted octanol–water partition coefficient (Wildman–Crippen LogP) is 2.18. The zero-order valence-electron chi connectivity index (χ0n) is 16.4. The van der Waals surface area contributed by atoms with Crippen molar-refractivity contribution in [1.82, 2.24) is 9.55 Å². The number of hydrogen-bond donors (Lipinski definition) is 2. The van der Waals surface area contributed by atoms with E-state index < -0.39 is 36.5 Å². The molecule has 1 saturated heterocycles. The number of imidazole rings is 1. The zero-order valence-corrected chi connectivity index (χ0v) is 16.4. The van der Waals surface area contributed by atoms with Crippen LogP contribution in [0, 0.1) is 5.82 Å². The smallest absolute Gasteiger partial charge is 0.260 e. The van der Waals surface area contributed by atoms with Crippen molar-refractivity contribution in [3.8, 4) is 17.1 Å². The van der Waals surface area contributed by atoms with Gasteiger partial charge in [-0.05, 0) is 19.9 Å². The van der Waals surface area contributed by atoms with Gasteiger partial charge in [0.05, 0.1) is 24.4 Å². The molecule has 0 bridgehead atoms. The number of amides is 1. The Morgan fingerprint density at radius 1 is 1.40 bits per heavy atom. The fourth-order valence-electron chi connectivity index (χ4n) is 3.65. The number of carbonyl (C=O) groups is 1. The summed E-state index contributed by atoms with van der Waals surface area (Å²) < 4.78 is 54.4. The van der Waals surface area contributed by atoms with Gasteiger partial charge in [0.1, 0.15) is 48.1 Å². The fraction of sp³-hybridized carbons (Fsp3) is 0.474. The summed E-state index contributed by atoms with van der Waals surface area (Å²) in [6, 6.07) is 0.805. The van der Waals surface area contributed by atoms with Gasteiger partial charge in [0.2, 0.25) is 5.91 Å². The molecule has 11 heteroatoms. The zero-order chi connectivity index (χ0) is 21.6. The van der Waals surface area contributed by atoms with Gasteiger partial charge in [-0.2, -0.15) is 0 Å². The number of anilines is 2. The van der Waals surface area contributed by atoms with Crippen LogP contribution in [0.15, 0.2) is 18.3 Å². The lowest BCUT2D eigenvalue weighted by Gasteiger charge is -2.25. The van der Waals surface area contributed by atoms with E-state index in [0.29, 0.717) is 29.5 Å². The Labute approximate surface area is 170 Å². The Morgan fingerprint density at radius 3 is 2.87 bits per heavy atom. The predicted molar refractivity (Wildman–Crippen MR) is 103 cm³/mol. The molecule has 162 valence electrons. The topological polar surface area (TPSA) is 94.6 Å². The maximum atomic E-state index is 14.7. The van der Waals surface area contributed by atoms with Crippen LogP contribution in [0.4, 0.5) is 24.7 Å². The van der Waals surface area contributed by atoms with Crippen molar-refractivity contribution >= 4 is 17.4 Å². The van der Waals surface area contributed by atoms with E-state index in [1.54, 1.807) is 17.7 Å². The Bertz CT molecular complexity index is 967. The first-order chi connectivity index (χ1) is 14.3. The van der Waals surface area contributed by atoms with Gasteiger partial charge in [0.25, 0.3) is 6.43 Å². The molecule has 0 saturated carbocycles. The summed E-state index contributed by atoms with van der Waals surface area (Å²) in [5, 5.41) is 2.71. The summed E-state index contributed by atoms with van der Waals surface area (Å²) >= 11 is 0. The van der Waals surface area contributed by atoms with E-state index in [2.05, 4.69) is 10.3 Å². The van der Waals surface area contributed by atoms with Crippen LogP contribution in [0.2, 0.25) is 0 Å². The first-order valence-electron chi connectivity index (χ1n) is 9.54. The van der Waals surface area contributed by atoms with Gasteiger partial charge in [0.15, 0.2) is 0 Å². The number of hydrogen-bond acceptors (Lipinski definition) is 6. The lowest BCUT2D eigenvalue weighted by atomic mass is 10.1. The van der Waals surface area contributed by atoms with Crippen molar-refractivity contribution < 1.29 is 27.4 Å². The largest absolute Gasteiger partial charge is 0.491 e. The number of primary amides is 1. The third kappa shape index (κ3) is 3.53. The van der Waals surface area contributed by atoms with E-state index in [0.717, 1.165) is 0 Å². The molecule has 2 unspecified atom stereocenters. The molecule has 1 amide bonds. The number of aromatic nitrogens is 2. The number of nitrogens with two attached hydrogens (primary N) is 1. The molecule has 3 atom stereocenters. The highest BCUT2D eigenvalue weighted by atomic mass is 19.3. The number of benzene rings is 1. The van der Waals surface area contributed by atoms with E-state index in [-0.39, 0.29) is 18.9 Å². The molecule has 1 aromatic heterocycles. The van der Waals surface area contributed by atoms with Crippen molar-refractivity contribution in [3.05, 3.63) is 24.1 Å². The molecular formula is C19H22F3N5O3. The minimum Gasteiger partial charge on any atom is -0.491 e. The van der Waals surface area contributed by atoms with Crippen LogP contribution in [0.25, 0.3) is 11.4 Å². The third-order valence-electron chi connectivity index (χ3n) is 5.28. The number of nitrogens with zero attached hydrogens (tertiary/aromatic N) is 3. The van der Waals surface area contributed by atoms with Gasteiger partial charge in [-0.25, -0.2) is 18.2 Å². The minimum absolute atomic E-state index is 0.0691. The standard InChI is InChI=1S/C19H22F3N5O3/c1-9(18(23)28)24-13-6-15-11(5-12(13)20)19-25-16(7-26(19)3-4-29-15)27-10(2)30-8-14(27)17(21)22/h5-7,9-10,14,17,24H,3-4,8H2,1-2H3,(H2,23,28)/t9-,10?,14?/m0/s1. The SMILES string of the molecule is CC1OCC(C(F)F)N1c1cn2c(n1)-c1cc(F)c(N[C@@H](C)C(N)=O)cc1OCC2. The Hall–Kier alpha value is -2.95. The summed E-state index contributed by atoms with van der Waals surface area (Å²) in [5.74, 6) is -0.147. The molecule has 0 aliphatic carbocycles. The lowest BCUT2D eigenvalue weighted by molar-refractivity contribution is -0.118. The Morgan fingerprint density at radius 2 is 2.17 bits per heavy atom. The molecule has 3 N–H and O–H groups in total. The van der Waals surface area contributed by atoms with Crippen LogP contribution in [0.5, 0.6) is 5.75 Å². The summed E-state index contributed by atoms with van der Waals surface area (Å²) in [6.07, 6.45) is -1.50. The van der Waals surface area contributed by atoms with Gasteiger partial charge in [-0.1, -0.05) is 0 Å². The first-order valence-corrected chi connectivity index (χ1v) is 9.54. The molecule has 1 aromatic carbocycles. The van der Waals surface area contributed by atoms with E-state index in [1.165, 1.54) is 24.0 Å². The normalized spacial score (nSPS) is 21.6. The molecule has 8 nitrogen and oxygen atoms in total. The van der Waals surface area contributed by atoms with Gasteiger partial charge in [0, 0.05) is 12.3 Å². The molecule has 2 aliphatic heterocycles. The second-order valence-electron chi connectivity index (χ2n) is 7.30. The van der Waals surface area contributed by atoms with Crippen LogP contribution >= 0.6 is 0 Å². The molecular weight excluding hydrogens is 403 g/mol. The van der Waals surface area contributed by atoms with Crippen molar-refractivity contribution in [1.29, 1.82) is 0 Å². The second-order valence-corrected chi connectivity index (χ2v) is 7.30. The molecule has 3 heterocycles. The summed E-state index contributed by atoms with van der Waals surface area (Å²) in [4.78, 5) is 17.2. The molecule has 4 rings (SSSR count).